The van der Waals surface area contributed by atoms with Crippen LogP contribution < -0.4 is 5.32 Å². The molecule has 0 atom stereocenters. The third kappa shape index (κ3) is 3.39. The lowest BCUT2D eigenvalue weighted by molar-refractivity contribution is -0.141. The molecule has 20 heavy (non-hydrogen) atoms. The van der Waals surface area contributed by atoms with Crippen molar-refractivity contribution < 1.29 is 9.53 Å². The molecule has 0 aliphatic rings. The molecule has 0 aliphatic carbocycles. The van der Waals surface area contributed by atoms with Crippen LogP contribution in [-0.2, 0) is 22.6 Å². The Morgan fingerprint density at radius 3 is 2.65 bits per heavy atom. The smallest absolute Gasteiger partial charge is 0.325 e. The van der Waals surface area contributed by atoms with Crippen LogP contribution in [0.1, 0.15) is 26.3 Å². The molecule has 0 amide bonds. The van der Waals surface area contributed by atoms with Crippen LogP contribution in [0.25, 0.3) is 10.9 Å². The van der Waals surface area contributed by atoms with Crippen LogP contribution in [0.15, 0.2) is 30.5 Å². The van der Waals surface area contributed by atoms with Crippen LogP contribution in [0.5, 0.6) is 0 Å². The quantitative estimate of drug-likeness (QED) is 0.872. The zero-order valence-corrected chi connectivity index (χ0v) is 12.6. The van der Waals surface area contributed by atoms with Gasteiger partial charge >= 0.3 is 5.97 Å². The number of hydrogen-bond donors (Lipinski definition) is 1. The summed E-state index contributed by atoms with van der Waals surface area (Å²) in [5.74, 6) is -0.235. The Hall–Kier alpha value is -1.81. The Bertz CT molecular complexity index is 608. The van der Waals surface area contributed by atoms with E-state index in [0.29, 0.717) is 0 Å². The largest absolute Gasteiger partial charge is 0.468 e. The standard InChI is InChI=1S/C16H22N2O2/c1-16(2,3)17-9-12-10-18(11-15(19)20-4)14-8-6-5-7-13(12)14/h5-8,10,17H,9,11H2,1-4H3. The predicted molar refractivity (Wildman–Crippen MR) is 80.5 cm³/mol. The van der Waals surface area contributed by atoms with Crippen molar-refractivity contribution in [1.29, 1.82) is 0 Å². The number of esters is 1. The van der Waals surface area contributed by atoms with Crippen molar-refractivity contribution in [3.63, 3.8) is 0 Å². The Morgan fingerprint density at radius 2 is 2.00 bits per heavy atom. The molecule has 0 saturated carbocycles. The average Bonchev–Trinajstić information content (AvgIpc) is 2.74. The highest BCUT2D eigenvalue weighted by molar-refractivity contribution is 5.85. The van der Waals surface area contributed by atoms with Crippen molar-refractivity contribution in [2.75, 3.05) is 7.11 Å². The first kappa shape index (κ1) is 14.6. The van der Waals surface area contributed by atoms with Crippen LogP contribution in [0.3, 0.4) is 0 Å². The van der Waals surface area contributed by atoms with Gasteiger partial charge in [-0.1, -0.05) is 18.2 Å². The van der Waals surface area contributed by atoms with Crippen molar-refractivity contribution >= 4 is 16.9 Å². The van der Waals surface area contributed by atoms with Gasteiger partial charge in [-0.3, -0.25) is 4.79 Å². The monoisotopic (exact) mass is 274 g/mol. The number of carbonyl (C=O) groups is 1. The summed E-state index contributed by atoms with van der Waals surface area (Å²) in [6.45, 7) is 7.44. The van der Waals surface area contributed by atoms with Gasteiger partial charge in [0.05, 0.1) is 7.11 Å². The summed E-state index contributed by atoms with van der Waals surface area (Å²) in [4.78, 5) is 11.5. The molecule has 1 heterocycles. The van der Waals surface area contributed by atoms with Gasteiger partial charge in [0, 0.05) is 29.2 Å². The molecule has 0 fully saturated rings. The van der Waals surface area contributed by atoms with Gasteiger partial charge in [-0.05, 0) is 32.4 Å². The second-order valence-electron chi connectivity index (χ2n) is 5.98. The second kappa shape index (κ2) is 5.67. The highest BCUT2D eigenvalue weighted by Crippen LogP contribution is 2.22. The Morgan fingerprint density at radius 1 is 1.30 bits per heavy atom. The highest BCUT2D eigenvalue weighted by atomic mass is 16.5. The van der Waals surface area contributed by atoms with Gasteiger partial charge < -0.3 is 14.6 Å². The van der Waals surface area contributed by atoms with Gasteiger partial charge in [0.1, 0.15) is 6.54 Å². The van der Waals surface area contributed by atoms with Gasteiger partial charge in [0.25, 0.3) is 0 Å². The Labute approximate surface area is 119 Å². The van der Waals surface area contributed by atoms with Gasteiger partial charge in [0.2, 0.25) is 0 Å². The van der Waals surface area contributed by atoms with Crippen molar-refractivity contribution in [2.24, 2.45) is 0 Å². The topological polar surface area (TPSA) is 43.3 Å². The molecule has 1 aromatic carbocycles. The van der Waals surface area contributed by atoms with E-state index in [1.165, 1.54) is 18.1 Å². The summed E-state index contributed by atoms with van der Waals surface area (Å²) in [6.07, 6.45) is 2.03. The molecule has 0 radical (unpaired) electrons. The van der Waals surface area contributed by atoms with Crippen LogP contribution in [0.2, 0.25) is 0 Å². The minimum Gasteiger partial charge on any atom is -0.468 e. The summed E-state index contributed by atoms with van der Waals surface area (Å²) < 4.78 is 6.70. The number of ether oxygens (including phenoxy) is 1. The number of benzene rings is 1. The summed E-state index contributed by atoms with van der Waals surface area (Å²) in [5, 5.41) is 4.66. The van der Waals surface area contributed by atoms with Gasteiger partial charge in [-0.2, -0.15) is 0 Å². The fraction of sp³-hybridized carbons (Fsp3) is 0.438. The van der Waals surface area contributed by atoms with E-state index in [-0.39, 0.29) is 18.1 Å². The molecule has 4 nitrogen and oxygen atoms in total. The van der Waals surface area contributed by atoms with E-state index in [9.17, 15) is 4.79 Å². The zero-order chi connectivity index (χ0) is 14.8. The van der Waals surface area contributed by atoms with E-state index in [4.69, 9.17) is 4.74 Å². The Kier molecular flexibility index (Phi) is 4.14. The van der Waals surface area contributed by atoms with Crippen molar-refractivity contribution in [3.05, 3.63) is 36.0 Å². The number of rotatable bonds is 4. The number of hydrogen-bond acceptors (Lipinski definition) is 3. The number of aromatic nitrogens is 1. The SMILES string of the molecule is COC(=O)Cn1cc(CNC(C)(C)C)c2ccccc21. The first-order valence-electron chi connectivity index (χ1n) is 6.79. The third-order valence-corrected chi connectivity index (χ3v) is 3.21. The van der Waals surface area contributed by atoms with E-state index in [1.807, 2.05) is 29.0 Å². The van der Waals surface area contributed by atoms with Crippen molar-refractivity contribution in [3.8, 4) is 0 Å². The molecular formula is C16H22N2O2. The number of nitrogens with zero attached hydrogens (tertiary/aromatic N) is 1. The van der Waals surface area contributed by atoms with Gasteiger partial charge in [-0.25, -0.2) is 0 Å². The fourth-order valence-electron chi connectivity index (χ4n) is 2.16. The lowest BCUT2D eigenvalue weighted by Gasteiger charge is -2.20. The molecule has 0 unspecified atom stereocenters. The van der Waals surface area contributed by atoms with E-state index in [1.54, 1.807) is 0 Å². The third-order valence-electron chi connectivity index (χ3n) is 3.21. The molecule has 0 bridgehead atoms. The Balaban J connectivity index is 2.33. The van der Waals surface area contributed by atoms with Gasteiger partial charge in [0.15, 0.2) is 0 Å². The maximum atomic E-state index is 11.5. The van der Waals surface area contributed by atoms with E-state index in [2.05, 4.69) is 32.2 Å². The van der Waals surface area contributed by atoms with Crippen LogP contribution in [0.4, 0.5) is 0 Å². The first-order chi connectivity index (χ1) is 9.40. The second-order valence-corrected chi connectivity index (χ2v) is 5.98. The molecule has 0 aliphatic heterocycles. The van der Waals surface area contributed by atoms with E-state index >= 15 is 0 Å². The van der Waals surface area contributed by atoms with Gasteiger partial charge in [-0.15, -0.1) is 0 Å². The predicted octanol–water partition coefficient (Wildman–Crippen LogP) is 2.70. The number of methoxy groups -OCH3 is 1. The van der Waals surface area contributed by atoms with E-state index in [0.717, 1.165) is 12.1 Å². The zero-order valence-electron chi connectivity index (χ0n) is 12.6. The molecule has 0 spiro atoms. The number of para-hydroxylation sites is 1. The molecule has 1 aromatic heterocycles. The van der Waals surface area contributed by atoms with Crippen molar-refractivity contribution in [2.45, 2.75) is 39.4 Å². The van der Waals surface area contributed by atoms with Crippen LogP contribution >= 0.6 is 0 Å². The molecular weight excluding hydrogens is 252 g/mol. The minimum absolute atomic E-state index is 0.0611. The summed E-state index contributed by atoms with van der Waals surface area (Å²) in [7, 11) is 1.41. The minimum atomic E-state index is -0.235. The van der Waals surface area contributed by atoms with E-state index < -0.39 is 0 Å². The number of fused-ring (bicyclic) bond motifs is 1. The molecule has 2 aromatic rings. The molecule has 108 valence electrons. The van der Waals surface area contributed by atoms with Crippen molar-refractivity contribution in [1.82, 2.24) is 9.88 Å². The normalized spacial score (nSPS) is 11.8. The summed E-state index contributed by atoms with van der Waals surface area (Å²) in [5.41, 5.74) is 2.31. The van der Waals surface area contributed by atoms with Crippen LogP contribution in [0, 0.1) is 0 Å². The number of nitrogens with one attached hydrogen (secondary N) is 1. The summed E-state index contributed by atoms with van der Waals surface area (Å²) in [6, 6.07) is 8.12. The average molecular weight is 274 g/mol. The maximum absolute atomic E-state index is 11.5. The molecule has 1 N–H and O–H groups in total. The summed E-state index contributed by atoms with van der Waals surface area (Å²) >= 11 is 0. The molecule has 2 rings (SSSR count). The highest BCUT2D eigenvalue weighted by Gasteiger charge is 2.13. The lowest BCUT2D eigenvalue weighted by Crippen LogP contribution is -2.35. The fourth-order valence-corrected chi connectivity index (χ4v) is 2.16. The lowest BCUT2D eigenvalue weighted by atomic mass is 10.1. The number of carbonyl (C=O) groups excluding carboxylic acids is 1. The maximum Gasteiger partial charge on any atom is 0.325 e. The van der Waals surface area contributed by atoms with Crippen LogP contribution in [-0.4, -0.2) is 23.2 Å². The molecule has 0 saturated heterocycles. The molecule has 4 heteroatoms. The first-order valence-corrected chi connectivity index (χ1v) is 6.79.